The molecule has 24 heavy (non-hydrogen) atoms. The van der Waals surface area contributed by atoms with E-state index in [0.717, 1.165) is 34.9 Å². The first-order valence-electron chi connectivity index (χ1n) is 7.85. The van der Waals surface area contributed by atoms with Gasteiger partial charge in [0.25, 0.3) is 0 Å². The molecule has 2 aliphatic rings. The van der Waals surface area contributed by atoms with Gasteiger partial charge in [0.15, 0.2) is 0 Å². The second-order valence-corrected chi connectivity index (χ2v) is 7.17. The van der Waals surface area contributed by atoms with Gasteiger partial charge >= 0.3 is 0 Å². The zero-order chi connectivity index (χ0) is 17.3. The third kappa shape index (κ3) is 2.27. The molecule has 0 aromatic heterocycles. The van der Waals surface area contributed by atoms with E-state index in [1.165, 1.54) is 0 Å². The molecule has 0 spiro atoms. The fourth-order valence-corrected chi connectivity index (χ4v) is 4.49. The number of Topliss-reactive ketones (excluding diaryl/α,β-unsaturated/α-hetero) is 1. The summed E-state index contributed by atoms with van der Waals surface area (Å²) in [6.07, 6.45) is 3.38. The first-order valence-corrected chi connectivity index (χ1v) is 8.64. The molecular weight excluding hydrogens is 366 g/mol. The summed E-state index contributed by atoms with van der Waals surface area (Å²) in [7, 11) is 0. The summed E-state index contributed by atoms with van der Waals surface area (Å²) >= 11 is 3.42. The number of nitrogens with zero attached hydrogens (tertiary/aromatic N) is 3. The van der Waals surface area contributed by atoms with Gasteiger partial charge in [-0.15, -0.1) is 0 Å². The largest absolute Gasteiger partial charge is 0.290 e. The third-order valence-corrected chi connectivity index (χ3v) is 5.60. The molecule has 2 unspecified atom stereocenters. The molecule has 5 heteroatoms. The van der Waals surface area contributed by atoms with Crippen molar-refractivity contribution in [2.75, 3.05) is 0 Å². The molecule has 0 bridgehead atoms. The van der Waals surface area contributed by atoms with Crippen molar-refractivity contribution in [1.82, 2.24) is 0 Å². The van der Waals surface area contributed by atoms with Crippen LogP contribution in [-0.4, -0.2) is 5.78 Å². The molecule has 2 aliphatic carbocycles. The number of benzene rings is 1. The Morgan fingerprint density at radius 1 is 1.17 bits per heavy atom. The van der Waals surface area contributed by atoms with Crippen molar-refractivity contribution in [2.24, 2.45) is 11.3 Å². The van der Waals surface area contributed by atoms with E-state index in [0.29, 0.717) is 6.42 Å². The van der Waals surface area contributed by atoms with E-state index >= 15 is 0 Å². The maximum Gasteiger partial charge on any atom is 0.214 e. The van der Waals surface area contributed by atoms with Gasteiger partial charge in [0.1, 0.15) is 6.07 Å². The van der Waals surface area contributed by atoms with Crippen molar-refractivity contribution >= 4 is 21.7 Å². The molecular formula is C19H14BrN3O. The number of hydrogen-bond donors (Lipinski definition) is 0. The van der Waals surface area contributed by atoms with Gasteiger partial charge in [-0.1, -0.05) is 34.5 Å². The van der Waals surface area contributed by atoms with E-state index in [9.17, 15) is 20.6 Å². The number of fused-ring (bicyclic) bond motifs is 1. The zero-order valence-corrected chi connectivity index (χ0v) is 14.5. The molecule has 1 aromatic rings. The van der Waals surface area contributed by atoms with Crippen molar-refractivity contribution in [2.45, 2.75) is 31.6 Å². The lowest BCUT2D eigenvalue weighted by molar-refractivity contribution is -0.122. The minimum absolute atomic E-state index is 0.0362. The highest BCUT2D eigenvalue weighted by Crippen LogP contribution is 2.54. The van der Waals surface area contributed by atoms with Crippen LogP contribution >= 0.6 is 15.9 Å². The SMILES string of the molecule is N#CC1=C2CCCCC2C(c2cccc(Br)c2)C(C#N)(C#N)C1=O. The van der Waals surface area contributed by atoms with Crippen LogP contribution < -0.4 is 0 Å². The van der Waals surface area contributed by atoms with Gasteiger partial charge in [-0.3, -0.25) is 4.79 Å². The molecule has 0 saturated heterocycles. The Hall–Kier alpha value is -2.42. The molecule has 0 radical (unpaired) electrons. The highest BCUT2D eigenvalue weighted by molar-refractivity contribution is 9.10. The minimum Gasteiger partial charge on any atom is -0.290 e. The van der Waals surface area contributed by atoms with Gasteiger partial charge in [0.05, 0.1) is 17.7 Å². The van der Waals surface area contributed by atoms with Crippen LogP contribution in [0, 0.1) is 45.3 Å². The van der Waals surface area contributed by atoms with Crippen LogP contribution in [0.5, 0.6) is 0 Å². The summed E-state index contributed by atoms with van der Waals surface area (Å²) < 4.78 is 0.838. The normalized spacial score (nSPS) is 25.2. The first kappa shape index (κ1) is 16.4. The highest BCUT2D eigenvalue weighted by atomic mass is 79.9. The number of rotatable bonds is 1. The molecule has 1 aromatic carbocycles. The van der Waals surface area contributed by atoms with Crippen molar-refractivity contribution < 1.29 is 4.79 Å². The topological polar surface area (TPSA) is 88.4 Å². The van der Waals surface area contributed by atoms with Crippen LogP contribution in [-0.2, 0) is 4.79 Å². The van der Waals surface area contributed by atoms with E-state index in [2.05, 4.69) is 15.9 Å². The molecule has 2 atom stereocenters. The standard InChI is InChI=1S/C19H14BrN3O/c20-13-5-3-4-12(8-13)17-15-7-2-1-6-14(15)16(9-21)18(24)19(17,10-22)11-23/h3-5,8,15,17H,1-2,6-7H2. The Labute approximate surface area is 149 Å². The smallest absolute Gasteiger partial charge is 0.214 e. The number of carbonyl (C=O) groups excluding carboxylic acids is 1. The molecule has 3 rings (SSSR count). The summed E-state index contributed by atoms with van der Waals surface area (Å²) in [5.74, 6) is -1.28. The maximum absolute atomic E-state index is 12.9. The van der Waals surface area contributed by atoms with Crippen LogP contribution in [0.3, 0.4) is 0 Å². The Bertz CT molecular complexity index is 852. The van der Waals surface area contributed by atoms with Crippen molar-refractivity contribution in [3.05, 3.63) is 45.4 Å². The van der Waals surface area contributed by atoms with Crippen LogP contribution in [0.1, 0.15) is 37.2 Å². The van der Waals surface area contributed by atoms with Crippen LogP contribution in [0.15, 0.2) is 39.9 Å². The van der Waals surface area contributed by atoms with E-state index in [-0.39, 0.29) is 11.5 Å². The Morgan fingerprint density at radius 3 is 2.54 bits per heavy atom. The Balaban J connectivity index is 2.30. The number of hydrogen-bond acceptors (Lipinski definition) is 4. The third-order valence-electron chi connectivity index (χ3n) is 5.11. The predicted octanol–water partition coefficient (Wildman–Crippen LogP) is 4.16. The van der Waals surface area contributed by atoms with Crippen LogP contribution in [0.4, 0.5) is 0 Å². The maximum atomic E-state index is 12.9. The van der Waals surface area contributed by atoms with Crippen LogP contribution in [0.25, 0.3) is 0 Å². The number of allylic oxidation sites excluding steroid dienone is 2. The minimum atomic E-state index is -1.84. The number of halogens is 1. The van der Waals surface area contributed by atoms with E-state index < -0.39 is 17.1 Å². The van der Waals surface area contributed by atoms with Crippen molar-refractivity contribution in [1.29, 1.82) is 15.8 Å². The summed E-state index contributed by atoms with van der Waals surface area (Å²) in [5, 5.41) is 29.0. The molecule has 118 valence electrons. The van der Waals surface area contributed by atoms with E-state index in [4.69, 9.17) is 0 Å². The molecule has 0 amide bonds. The molecule has 0 N–H and O–H groups in total. The monoisotopic (exact) mass is 379 g/mol. The lowest BCUT2D eigenvalue weighted by Gasteiger charge is -2.42. The molecule has 1 saturated carbocycles. The molecule has 4 nitrogen and oxygen atoms in total. The van der Waals surface area contributed by atoms with E-state index in [1.807, 2.05) is 42.5 Å². The summed E-state index contributed by atoms with van der Waals surface area (Å²) in [6.45, 7) is 0. The fraction of sp³-hybridized carbons (Fsp3) is 0.368. The second kappa shape index (κ2) is 6.23. The van der Waals surface area contributed by atoms with Gasteiger partial charge in [0.2, 0.25) is 11.2 Å². The number of nitriles is 3. The predicted molar refractivity (Wildman–Crippen MR) is 90.1 cm³/mol. The van der Waals surface area contributed by atoms with Gasteiger partial charge in [-0.05, 0) is 48.4 Å². The molecule has 0 heterocycles. The summed E-state index contributed by atoms with van der Waals surface area (Å²) in [5.41, 5.74) is -0.173. The van der Waals surface area contributed by atoms with E-state index in [1.54, 1.807) is 0 Å². The number of carbonyl (C=O) groups is 1. The van der Waals surface area contributed by atoms with Gasteiger partial charge in [-0.25, -0.2) is 0 Å². The molecule has 0 aliphatic heterocycles. The fourth-order valence-electron chi connectivity index (χ4n) is 4.07. The first-order chi connectivity index (χ1) is 11.6. The number of ketones is 1. The average molecular weight is 380 g/mol. The lowest BCUT2D eigenvalue weighted by atomic mass is 9.55. The van der Waals surface area contributed by atoms with Gasteiger partial charge in [-0.2, -0.15) is 15.8 Å². The van der Waals surface area contributed by atoms with Crippen molar-refractivity contribution in [3.8, 4) is 18.2 Å². The second-order valence-electron chi connectivity index (χ2n) is 6.26. The quantitative estimate of drug-likeness (QED) is 0.732. The Morgan fingerprint density at radius 2 is 1.92 bits per heavy atom. The average Bonchev–Trinajstić information content (AvgIpc) is 2.61. The summed E-state index contributed by atoms with van der Waals surface area (Å²) in [6, 6.07) is 13.4. The van der Waals surface area contributed by atoms with Gasteiger partial charge in [0, 0.05) is 10.4 Å². The zero-order valence-electron chi connectivity index (χ0n) is 12.9. The summed E-state index contributed by atoms with van der Waals surface area (Å²) in [4.78, 5) is 12.9. The Kier molecular flexibility index (Phi) is 4.27. The van der Waals surface area contributed by atoms with Gasteiger partial charge < -0.3 is 0 Å². The highest BCUT2D eigenvalue weighted by Gasteiger charge is 2.57. The molecule has 1 fully saturated rings. The lowest BCUT2D eigenvalue weighted by Crippen LogP contribution is -2.45. The van der Waals surface area contributed by atoms with Crippen molar-refractivity contribution in [3.63, 3.8) is 0 Å². The van der Waals surface area contributed by atoms with Crippen LogP contribution in [0.2, 0.25) is 0 Å².